The second-order valence-corrected chi connectivity index (χ2v) is 5.61. The number of hydrazine groups is 2. The van der Waals surface area contributed by atoms with Crippen LogP contribution in [0.4, 0.5) is 0 Å². The van der Waals surface area contributed by atoms with E-state index < -0.39 is 0 Å². The Kier molecular flexibility index (Phi) is 4.08. The van der Waals surface area contributed by atoms with Crippen molar-refractivity contribution in [1.82, 2.24) is 21.7 Å². The molecule has 3 rings (SSSR count). The third-order valence-corrected chi connectivity index (χ3v) is 4.12. The molecule has 1 aliphatic heterocycles. The summed E-state index contributed by atoms with van der Waals surface area (Å²) in [6.45, 7) is 0.566. The van der Waals surface area contributed by atoms with Crippen molar-refractivity contribution in [3.05, 3.63) is 58.3 Å². The quantitative estimate of drug-likeness (QED) is 0.680. The number of carbonyl (C=O) groups excluding carboxylic acids is 1. The smallest absolute Gasteiger partial charge is 0.240 e. The number of thiophene rings is 1. The minimum Gasteiger partial charge on any atom is -0.350 e. The molecule has 0 saturated carbocycles. The summed E-state index contributed by atoms with van der Waals surface area (Å²) in [7, 11) is 0. The van der Waals surface area contributed by atoms with Crippen molar-refractivity contribution in [2.24, 2.45) is 0 Å². The van der Waals surface area contributed by atoms with Gasteiger partial charge in [0.25, 0.3) is 0 Å². The van der Waals surface area contributed by atoms with E-state index in [1.807, 2.05) is 47.8 Å². The van der Waals surface area contributed by atoms with Crippen molar-refractivity contribution in [3.63, 3.8) is 0 Å². The van der Waals surface area contributed by atoms with E-state index in [0.29, 0.717) is 6.54 Å². The van der Waals surface area contributed by atoms with Gasteiger partial charge in [-0.25, -0.2) is 10.9 Å². The average Bonchev–Trinajstić information content (AvgIpc) is 3.17. The first-order valence-electron chi connectivity index (χ1n) is 6.46. The molecule has 1 aromatic carbocycles. The third kappa shape index (κ3) is 2.88. The average molecular weight is 288 g/mol. The molecular formula is C14H16N4OS. The summed E-state index contributed by atoms with van der Waals surface area (Å²) in [6.07, 6.45) is 0. The zero-order chi connectivity index (χ0) is 13.8. The Morgan fingerprint density at radius 3 is 2.75 bits per heavy atom. The molecule has 0 spiro atoms. The van der Waals surface area contributed by atoms with Gasteiger partial charge in [-0.15, -0.1) is 11.3 Å². The molecule has 1 aromatic heterocycles. The molecule has 2 heterocycles. The summed E-state index contributed by atoms with van der Waals surface area (Å²) in [4.78, 5) is 13.4. The van der Waals surface area contributed by atoms with Crippen LogP contribution in [0.25, 0.3) is 0 Å². The van der Waals surface area contributed by atoms with Gasteiger partial charge in [0.1, 0.15) is 6.04 Å². The van der Waals surface area contributed by atoms with E-state index in [1.54, 1.807) is 11.3 Å². The van der Waals surface area contributed by atoms with Crippen molar-refractivity contribution >= 4 is 17.2 Å². The van der Waals surface area contributed by atoms with Gasteiger partial charge in [-0.2, -0.15) is 5.53 Å². The lowest BCUT2D eigenvalue weighted by Gasteiger charge is -2.17. The predicted molar refractivity (Wildman–Crippen MR) is 78.5 cm³/mol. The highest BCUT2D eigenvalue weighted by Gasteiger charge is 2.33. The van der Waals surface area contributed by atoms with Gasteiger partial charge in [-0.05, 0) is 17.0 Å². The number of amides is 1. The van der Waals surface area contributed by atoms with E-state index in [9.17, 15) is 4.79 Å². The molecule has 5 nitrogen and oxygen atoms in total. The molecule has 2 aromatic rings. The summed E-state index contributed by atoms with van der Waals surface area (Å²) in [6, 6.07) is 13.5. The fourth-order valence-electron chi connectivity index (χ4n) is 2.21. The van der Waals surface area contributed by atoms with Crippen LogP contribution in [0.15, 0.2) is 47.8 Å². The Balaban J connectivity index is 1.64. The molecule has 104 valence electrons. The largest absolute Gasteiger partial charge is 0.350 e. The van der Waals surface area contributed by atoms with Crippen molar-refractivity contribution in [1.29, 1.82) is 0 Å². The van der Waals surface area contributed by atoms with E-state index in [4.69, 9.17) is 0 Å². The highest BCUT2D eigenvalue weighted by molar-refractivity contribution is 7.09. The topological polar surface area (TPSA) is 65.2 Å². The fourth-order valence-corrected chi connectivity index (χ4v) is 2.86. The van der Waals surface area contributed by atoms with Gasteiger partial charge in [-0.1, -0.05) is 36.4 Å². The van der Waals surface area contributed by atoms with Crippen LogP contribution in [0.5, 0.6) is 0 Å². The van der Waals surface area contributed by atoms with Crippen LogP contribution in [0.1, 0.15) is 16.5 Å². The van der Waals surface area contributed by atoms with E-state index in [2.05, 4.69) is 21.7 Å². The Morgan fingerprint density at radius 2 is 2.00 bits per heavy atom. The normalized spacial score (nSPS) is 21.8. The van der Waals surface area contributed by atoms with E-state index in [1.165, 1.54) is 0 Å². The molecule has 0 aliphatic carbocycles. The molecular weight excluding hydrogens is 272 g/mol. The molecule has 2 atom stereocenters. The second-order valence-electron chi connectivity index (χ2n) is 4.58. The first-order chi connectivity index (χ1) is 9.84. The highest BCUT2D eigenvalue weighted by Crippen LogP contribution is 2.18. The van der Waals surface area contributed by atoms with Crippen LogP contribution in [0, 0.1) is 0 Å². The number of benzene rings is 1. The van der Waals surface area contributed by atoms with E-state index >= 15 is 0 Å². The number of hydrogen-bond acceptors (Lipinski definition) is 5. The zero-order valence-electron chi connectivity index (χ0n) is 10.8. The first-order valence-corrected chi connectivity index (χ1v) is 7.33. The van der Waals surface area contributed by atoms with Gasteiger partial charge >= 0.3 is 0 Å². The summed E-state index contributed by atoms with van der Waals surface area (Å²) in [5.74, 6) is -0.0234. The van der Waals surface area contributed by atoms with Crippen molar-refractivity contribution in [2.75, 3.05) is 0 Å². The molecule has 0 radical (unpaired) electrons. The number of nitrogens with one attached hydrogen (secondary N) is 4. The Hall–Kier alpha value is -1.73. The molecule has 4 N–H and O–H groups in total. The lowest BCUT2D eigenvalue weighted by Crippen LogP contribution is -2.44. The standard InChI is InChI=1S/C14H16N4OS/c19-14(15-9-11-7-4-8-20-11)13-12(16-18-17-13)10-5-2-1-3-6-10/h1-8,12-13,16-18H,9H2,(H,15,19). The fraction of sp³-hybridized carbons (Fsp3) is 0.214. The minimum atomic E-state index is -0.336. The van der Waals surface area contributed by atoms with Crippen LogP contribution < -0.4 is 21.7 Å². The first kappa shape index (κ1) is 13.3. The van der Waals surface area contributed by atoms with E-state index in [-0.39, 0.29) is 18.0 Å². The summed E-state index contributed by atoms with van der Waals surface area (Å²) in [5.41, 5.74) is 9.95. The predicted octanol–water partition coefficient (Wildman–Crippen LogP) is 1.09. The molecule has 0 bridgehead atoms. The lowest BCUT2D eigenvalue weighted by atomic mass is 10.0. The molecule has 20 heavy (non-hydrogen) atoms. The van der Waals surface area contributed by atoms with Crippen LogP contribution in [0.3, 0.4) is 0 Å². The Bertz CT molecular complexity index is 558. The minimum absolute atomic E-state index is 0.0234. The molecule has 1 amide bonds. The zero-order valence-corrected chi connectivity index (χ0v) is 11.6. The van der Waals surface area contributed by atoms with Crippen molar-refractivity contribution < 1.29 is 4.79 Å². The maximum Gasteiger partial charge on any atom is 0.240 e. The maximum atomic E-state index is 12.3. The van der Waals surface area contributed by atoms with Crippen LogP contribution in [-0.2, 0) is 11.3 Å². The maximum absolute atomic E-state index is 12.3. The van der Waals surface area contributed by atoms with Crippen molar-refractivity contribution in [2.45, 2.75) is 18.6 Å². The molecule has 1 saturated heterocycles. The number of hydrogen-bond donors (Lipinski definition) is 4. The van der Waals surface area contributed by atoms with Crippen LogP contribution in [0.2, 0.25) is 0 Å². The lowest BCUT2D eigenvalue weighted by molar-refractivity contribution is -0.123. The van der Waals surface area contributed by atoms with Gasteiger partial charge < -0.3 is 5.32 Å². The summed E-state index contributed by atoms with van der Waals surface area (Å²) in [5, 5.41) is 4.96. The van der Waals surface area contributed by atoms with Crippen LogP contribution >= 0.6 is 11.3 Å². The van der Waals surface area contributed by atoms with Gasteiger partial charge in [0, 0.05) is 4.88 Å². The molecule has 2 unspecified atom stereocenters. The van der Waals surface area contributed by atoms with E-state index in [0.717, 1.165) is 10.4 Å². The Labute approximate surface area is 121 Å². The van der Waals surface area contributed by atoms with Gasteiger partial charge in [0.05, 0.1) is 12.6 Å². The Morgan fingerprint density at radius 1 is 1.15 bits per heavy atom. The number of carbonyl (C=O) groups is 1. The molecule has 1 aliphatic rings. The SMILES string of the molecule is O=C(NCc1cccs1)C1NNNC1c1ccccc1. The van der Waals surface area contributed by atoms with Gasteiger partial charge in [-0.3, -0.25) is 4.79 Å². The highest BCUT2D eigenvalue weighted by atomic mass is 32.1. The monoisotopic (exact) mass is 288 g/mol. The molecule has 1 fully saturated rings. The summed E-state index contributed by atoms with van der Waals surface area (Å²) >= 11 is 1.64. The number of rotatable bonds is 4. The second kappa shape index (κ2) is 6.15. The summed E-state index contributed by atoms with van der Waals surface area (Å²) < 4.78 is 0. The van der Waals surface area contributed by atoms with Crippen molar-refractivity contribution in [3.8, 4) is 0 Å². The van der Waals surface area contributed by atoms with Gasteiger partial charge in [0.2, 0.25) is 5.91 Å². The van der Waals surface area contributed by atoms with Crippen LogP contribution in [-0.4, -0.2) is 11.9 Å². The molecule has 6 heteroatoms. The third-order valence-electron chi connectivity index (χ3n) is 3.25. The van der Waals surface area contributed by atoms with Gasteiger partial charge in [0.15, 0.2) is 0 Å².